The van der Waals surface area contributed by atoms with Crippen LogP contribution in [0.15, 0.2) is 54.6 Å². The highest BCUT2D eigenvalue weighted by atomic mass is 16.4. The monoisotopic (exact) mass is 295 g/mol. The fraction of sp³-hybridized carbons (Fsp3) is 0.222. The van der Waals surface area contributed by atoms with Gasteiger partial charge in [-0.25, -0.2) is 9.69 Å². The average molecular weight is 295 g/mol. The van der Waals surface area contributed by atoms with Crippen molar-refractivity contribution in [3.63, 3.8) is 0 Å². The van der Waals surface area contributed by atoms with Crippen LogP contribution in [0.25, 0.3) is 11.1 Å². The molecule has 0 unspecified atom stereocenters. The first-order valence-electron chi connectivity index (χ1n) is 7.34. The van der Waals surface area contributed by atoms with E-state index in [1.807, 2.05) is 42.5 Å². The van der Waals surface area contributed by atoms with Crippen molar-refractivity contribution in [2.24, 2.45) is 0 Å². The van der Waals surface area contributed by atoms with Crippen molar-refractivity contribution < 1.29 is 14.7 Å². The van der Waals surface area contributed by atoms with Crippen LogP contribution in [0.5, 0.6) is 0 Å². The Hall–Kier alpha value is -2.62. The molecule has 0 aliphatic carbocycles. The van der Waals surface area contributed by atoms with E-state index in [0.717, 1.165) is 21.6 Å². The summed E-state index contributed by atoms with van der Waals surface area (Å²) in [5, 5.41) is 9.13. The molecular weight excluding hydrogens is 278 g/mol. The number of carbonyl (C=O) groups excluding carboxylic acids is 1. The van der Waals surface area contributed by atoms with Crippen LogP contribution in [0.4, 0.5) is 4.79 Å². The van der Waals surface area contributed by atoms with Crippen molar-refractivity contribution in [1.29, 1.82) is 0 Å². The molecule has 0 aromatic heterocycles. The topological polar surface area (TPSA) is 57.6 Å². The Kier molecular flexibility index (Phi) is 3.92. The number of nitrogens with zero attached hydrogens (tertiary/aromatic N) is 1. The molecule has 0 spiro atoms. The predicted octanol–water partition coefficient (Wildman–Crippen LogP) is 3.57. The predicted molar refractivity (Wildman–Crippen MR) is 83.5 cm³/mol. The van der Waals surface area contributed by atoms with Gasteiger partial charge >= 0.3 is 6.09 Å². The quantitative estimate of drug-likeness (QED) is 0.941. The molecule has 0 radical (unpaired) electrons. The number of likely N-dealkylation sites (tertiary alicyclic amines) is 1. The van der Waals surface area contributed by atoms with E-state index in [4.69, 9.17) is 5.11 Å². The standard InChI is InChI=1S/C18H17NO3/c20-17-11-10-16(19(17)18(21)22)12-13-6-8-15(9-7-13)14-4-2-1-3-5-14/h1-9,16H,10-12H2,(H,21,22)/t16-/m0/s1. The molecule has 1 N–H and O–H groups in total. The summed E-state index contributed by atoms with van der Waals surface area (Å²) in [6, 6.07) is 17.9. The Balaban J connectivity index is 1.74. The maximum atomic E-state index is 11.6. The molecule has 2 aromatic carbocycles. The second-order valence-corrected chi connectivity index (χ2v) is 5.51. The van der Waals surface area contributed by atoms with Gasteiger partial charge in [0.1, 0.15) is 0 Å². The summed E-state index contributed by atoms with van der Waals surface area (Å²) in [5.41, 5.74) is 3.32. The molecule has 1 atom stereocenters. The normalized spacial score (nSPS) is 17.7. The number of benzene rings is 2. The first-order chi connectivity index (χ1) is 10.6. The molecule has 2 amide bonds. The lowest BCUT2D eigenvalue weighted by Gasteiger charge is -2.19. The number of hydrogen-bond donors (Lipinski definition) is 1. The van der Waals surface area contributed by atoms with E-state index >= 15 is 0 Å². The molecule has 0 saturated carbocycles. The summed E-state index contributed by atoms with van der Waals surface area (Å²) in [7, 11) is 0. The molecular formula is C18H17NO3. The molecule has 1 saturated heterocycles. The van der Waals surface area contributed by atoms with Crippen molar-refractivity contribution in [2.75, 3.05) is 0 Å². The molecule has 4 heteroatoms. The van der Waals surface area contributed by atoms with E-state index in [-0.39, 0.29) is 11.9 Å². The van der Waals surface area contributed by atoms with Gasteiger partial charge in [0.15, 0.2) is 0 Å². The van der Waals surface area contributed by atoms with Gasteiger partial charge in [0, 0.05) is 12.5 Å². The van der Waals surface area contributed by atoms with E-state index in [0.29, 0.717) is 19.3 Å². The Labute approximate surface area is 129 Å². The Morgan fingerprint density at radius 2 is 1.68 bits per heavy atom. The van der Waals surface area contributed by atoms with Crippen LogP contribution in [-0.4, -0.2) is 28.0 Å². The summed E-state index contributed by atoms with van der Waals surface area (Å²) in [6.07, 6.45) is 0.353. The number of rotatable bonds is 3. The molecule has 2 aromatic rings. The Morgan fingerprint density at radius 1 is 1.05 bits per heavy atom. The van der Waals surface area contributed by atoms with Gasteiger partial charge in [-0.2, -0.15) is 0 Å². The molecule has 112 valence electrons. The number of carbonyl (C=O) groups is 2. The van der Waals surface area contributed by atoms with E-state index in [1.54, 1.807) is 0 Å². The highest BCUT2D eigenvalue weighted by Crippen LogP contribution is 2.24. The molecule has 1 aliphatic heterocycles. The number of carboxylic acid groups (broad SMARTS) is 1. The van der Waals surface area contributed by atoms with Crippen LogP contribution in [0, 0.1) is 0 Å². The van der Waals surface area contributed by atoms with E-state index in [1.165, 1.54) is 0 Å². The first kappa shape index (κ1) is 14.3. The highest BCUT2D eigenvalue weighted by Gasteiger charge is 2.35. The molecule has 3 rings (SSSR count). The smallest absolute Gasteiger partial charge is 0.414 e. The van der Waals surface area contributed by atoms with Crippen LogP contribution in [0.2, 0.25) is 0 Å². The summed E-state index contributed by atoms with van der Waals surface area (Å²) < 4.78 is 0. The van der Waals surface area contributed by atoms with Crippen molar-refractivity contribution >= 4 is 12.0 Å². The van der Waals surface area contributed by atoms with Crippen molar-refractivity contribution in [2.45, 2.75) is 25.3 Å². The molecule has 1 aliphatic rings. The Morgan fingerprint density at radius 3 is 2.32 bits per heavy atom. The summed E-state index contributed by atoms with van der Waals surface area (Å²) >= 11 is 0. The fourth-order valence-electron chi connectivity index (χ4n) is 2.94. The number of hydrogen-bond acceptors (Lipinski definition) is 2. The van der Waals surface area contributed by atoms with Crippen LogP contribution in [0.1, 0.15) is 18.4 Å². The van der Waals surface area contributed by atoms with Crippen molar-refractivity contribution in [3.8, 4) is 11.1 Å². The van der Waals surface area contributed by atoms with Crippen LogP contribution in [-0.2, 0) is 11.2 Å². The average Bonchev–Trinajstić information content (AvgIpc) is 2.90. The minimum Gasteiger partial charge on any atom is -0.465 e. The maximum absolute atomic E-state index is 11.6. The number of amides is 2. The summed E-state index contributed by atoms with van der Waals surface area (Å²) in [5.74, 6) is -0.293. The van der Waals surface area contributed by atoms with Gasteiger partial charge in [-0.05, 0) is 29.5 Å². The van der Waals surface area contributed by atoms with Crippen molar-refractivity contribution in [3.05, 3.63) is 60.2 Å². The molecule has 4 nitrogen and oxygen atoms in total. The third-order valence-corrected chi connectivity index (χ3v) is 4.06. The van der Waals surface area contributed by atoms with Gasteiger partial charge in [0.25, 0.3) is 0 Å². The van der Waals surface area contributed by atoms with Crippen molar-refractivity contribution in [1.82, 2.24) is 4.90 Å². The SMILES string of the molecule is O=C(O)N1C(=O)CC[C@H]1Cc1ccc(-c2ccccc2)cc1. The lowest BCUT2D eigenvalue weighted by atomic mass is 10.00. The van der Waals surface area contributed by atoms with Gasteiger partial charge < -0.3 is 5.11 Å². The summed E-state index contributed by atoms with van der Waals surface area (Å²) in [4.78, 5) is 23.7. The van der Waals surface area contributed by atoms with E-state index in [2.05, 4.69) is 12.1 Å². The summed E-state index contributed by atoms with van der Waals surface area (Å²) in [6.45, 7) is 0. The molecule has 22 heavy (non-hydrogen) atoms. The number of imide groups is 1. The van der Waals surface area contributed by atoms with Gasteiger partial charge in [0.2, 0.25) is 5.91 Å². The van der Waals surface area contributed by atoms with Crippen LogP contribution >= 0.6 is 0 Å². The third kappa shape index (κ3) is 2.86. The lowest BCUT2D eigenvalue weighted by Crippen LogP contribution is -2.38. The zero-order valence-corrected chi connectivity index (χ0v) is 12.1. The van der Waals surface area contributed by atoms with Crippen LogP contribution < -0.4 is 0 Å². The van der Waals surface area contributed by atoms with Gasteiger partial charge in [0.05, 0.1) is 0 Å². The molecule has 1 heterocycles. The molecule has 0 bridgehead atoms. The van der Waals surface area contributed by atoms with E-state index in [9.17, 15) is 9.59 Å². The van der Waals surface area contributed by atoms with Crippen LogP contribution in [0.3, 0.4) is 0 Å². The third-order valence-electron chi connectivity index (χ3n) is 4.06. The minimum atomic E-state index is -1.14. The van der Waals surface area contributed by atoms with Gasteiger partial charge in [-0.1, -0.05) is 54.6 Å². The lowest BCUT2D eigenvalue weighted by molar-refractivity contribution is -0.126. The fourth-order valence-corrected chi connectivity index (χ4v) is 2.94. The van der Waals surface area contributed by atoms with E-state index < -0.39 is 6.09 Å². The maximum Gasteiger partial charge on any atom is 0.414 e. The largest absolute Gasteiger partial charge is 0.465 e. The second kappa shape index (κ2) is 6.02. The highest BCUT2D eigenvalue weighted by molar-refractivity contribution is 5.93. The first-order valence-corrected chi connectivity index (χ1v) is 7.34. The Bertz CT molecular complexity index is 679. The molecule has 1 fully saturated rings. The minimum absolute atomic E-state index is 0.243. The zero-order valence-electron chi connectivity index (χ0n) is 12.1. The van der Waals surface area contributed by atoms with Gasteiger partial charge in [-0.15, -0.1) is 0 Å². The zero-order chi connectivity index (χ0) is 15.5. The second-order valence-electron chi connectivity index (χ2n) is 5.51. The van der Waals surface area contributed by atoms with Gasteiger partial charge in [-0.3, -0.25) is 4.79 Å².